The van der Waals surface area contributed by atoms with Crippen LogP contribution >= 0.6 is 0 Å². The highest BCUT2D eigenvalue weighted by Gasteiger charge is 2.41. The van der Waals surface area contributed by atoms with Crippen molar-refractivity contribution < 1.29 is 14.4 Å². The van der Waals surface area contributed by atoms with Crippen LogP contribution in [0.1, 0.15) is 49.1 Å². The fourth-order valence-corrected chi connectivity index (χ4v) is 3.19. The molecule has 2 atom stereocenters. The van der Waals surface area contributed by atoms with Crippen molar-refractivity contribution in [2.24, 2.45) is 0 Å². The summed E-state index contributed by atoms with van der Waals surface area (Å²) in [5.41, 5.74) is 2.28. The maximum Gasteiger partial charge on any atom is 0.333 e. The van der Waals surface area contributed by atoms with E-state index in [-0.39, 0.29) is 17.8 Å². The van der Waals surface area contributed by atoms with Gasteiger partial charge in [0.15, 0.2) is 0 Å². The predicted octanol–water partition coefficient (Wildman–Crippen LogP) is 2.84. The maximum atomic E-state index is 12.4. The van der Waals surface area contributed by atoms with Crippen molar-refractivity contribution in [3.05, 3.63) is 29.3 Å². The fraction of sp³-hybridized carbons (Fsp3) is 0.562. The van der Waals surface area contributed by atoms with Crippen molar-refractivity contribution in [2.75, 3.05) is 20.2 Å². The Bertz CT molecular complexity index is 508. The van der Waals surface area contributed by atoms with Gasteiger partial charge in [0.2, 0.25) is 0 Å². The number of hydrogen-bond acceptors (Lipinski definition) is 4. The summed E-state index contributed by atoms with van der Waals surface area (Å²) < 4.78 is 5.23. The van der Waals surface area contributed by atoms with Crippen LogP contribution in [0, 0.1) is 0 Å². The van der Waals surface area contributed by atoms with Gasteiger partial charge in [-0.3, -0.25) is 0 Å². The van der Waals surface area contributed by atoms with Gasteiger partial charge in [-0.15, -0.1) is 5.06 Å². The lowest BCUT2D eigenvalue weighted by Crippen LogP contribution is -2.38. The van der Waals surface area contributed by atoms with E-state index < -0.39 is 0 Å². The molecule has 0 radical (unpaired) electrons. The number of hydrogen-bond donors (Lipinski definition) is 0. The first-order valence-corrected chi connectivity index (χ1v) is 7.35. The Morgan fingerprint density at radius 3 is 2.65 bits per heavy atom. The highest BCUT2D eigenvalue weighted by molar-refractivity contribution is 5.83. The van der Waals surface area contributed by atoms with Crippen molar-refractivity contribution in [2.45, 2.75) is 38.0 Å². The third-order valence-corrected chi connectivity index (χ3v) is 4.41. The highest BCUT2D eigenvalue weighted by Crippen LogP contribution is 2.48. The number of methoxy groups -OCH3 is 1. The lowest BCUT2D eigenvalue weighted by molar-refractivity contribution is -0.197. The third-order valence-electron chi connectivity index (χ3n) is 4.41. The Kier molecular flexibility index (Phi) is 3.66. The molecule has 2 unspecified atom stereocenters. The molecule has 1 aliphatic heterocycles. The summed E-state index contributed by atoms with van der Waals surface area (Å²) in [6.45, 7) is 3.80. The Balaban J connectivity index is 1.71. The second-order valence-corrected chi connectivity index (χ2v) is 5.66. The normalized spacial score (nSPS) is 25.5. The molecular formula is C16H21NO3. The molecule has 1 aliphatic carbocycles. The monoisotopic (exact) mass is 275 g/mol. The van der Waals surface area contributed by atoms with E-state index in [1.807, 2.05) is 23.3 Å². The van der Waals surface area contributed by atoms with Crippen LogP contribution in [0.25, 0.3) is 0 Å². The summed E-state index contributed by atoms with van der Waals surface area (Å²) in [5, 5.41) is 1.82. The van der Waals surface area contributed by atoms with Gasteiger partial charge in [-0.05, 0) is 42.0 Å². The molecule has 0 aromatic heterocycles. The molecule has 0 amide bonds. The number of benzene rings is 1. The molecule has 108 valence electrons. The van der Waals surface area contributed by atoms with Crippen LogP contribution in [-0.2, 0) is 9.63 Å². The minimum atomic E-state index is -0.151. The SMILES string of the molecule is COc1ccc2c(c1)C(C(=O)ON1CCCCC1)C2C. The summed E-state index contributed by atoms with van der Waals surface area (Å²) in [6, 6.07) is 5.95. The minimum absolute atomic E-state index is 0.125. The Morgan fingerprint density at radius 1 is 1.20 bits per heavy atom. The quantitative estimate of drug-likeness (QED) is 0.850. The second kappa shape index (κ2) is 5.44. The zero-order chi connectivity index (χ0) is 14.1. The average Bonchev–Trinajstić information content (AvgIpc) is 2.47. The molecule has 1 aromatic carbocycles. The first-order chi connectivity index (χ1) is 9.70. The first kappa shape index (κ1) is 13.4. The van der Waals surface area contributed by atoms with Gasteiger partial charge in [0.25, 0.3) is 0 Å². The van der Waals surface area contributed by atoms with Crippen LogP contribution in [0.2, 0.25) is 0 Å². The summed E-state index contributed by atoms with van der Waals surface area (Å²) in [4.78, 5) is 17.9. The van der Waals surface area contributed by atoms with Crippen molar-refractivity contribution in [3.8, 4) is 5.75 Å². The molecule has 4 nitrogen and oxygen atoms in total. The molecular weight excluding hydrogens is 254 g/mol. The molecule has 0 saturated carbocycles. The smallest absolute Gasteiger partial charge is 0.333 e. The zero-order valence-corrected chi connectivity index (χ0v) is 12.1. The molecule has 4 heteroatoms. The van der Waals surface area contributed by atoms with Crippen LogP contribution in [0.4, 0.5) is 0 Å². The highest BCUT2D eigenvalue weighted by atomic mass is 16.7. The second-order valence-electron chi connectivity index (χ2n) is 5.66. The van der Waals surface area contributed by atoms with Crippen LogP contribution in [0.3, 0.4) is 0 Å². The van der Waals surface area contributed by atoms with Crippen LogP contribution in [0.15, 0.2) is 18.2 Å². The topological polar surface area (TPSA) is 38.8 Å². The van der Waals surface area contributed by atoms with E-state index in [2.05, 4.69) is 6.92 Å². The summed E-state index contributed by atoms with van der Waals surface area (Å²) in [6.07, 6.45) is 3.45. The van der Waals surface area contributed by atoms with E-state index in [4.69, 9.17) is 9.57 Å². The van der Waals surface area contributed by atoms with E-state index in [0.717, 1.165) is 37.2 Å². The van der Waals surface area contributed by atoms with Crippen LogP contribution in [0.5, 0.6) is 5.75 Å². The number of carbonyl (C=O) groups is 1. The van der Waals surface area contributed by atoms with E-state index in [1.54, 1.807) is 7.11 Å². The van der Waals surface area contributed by atoms with Crippen molar-refractivity contribution in [3.63, 3.8) is 0 Å². The minimum Gasteiger partial charge on any atom is -0.497 e. The van der Waals surface area contributed by atoms with Gasteiger partial charge in [-0.2, -0.15) is 0 Å². The zero-order valence-electron chi connectivity index (χ0n) is 12.1. The molecule has 1 saturated heterocycles. The molecule has 1 aromatic rings. The molecule has 2 aliphatic rings. The van der Waals surface area contributed by atoms with Crippen molar-refractivity contribution >= 4 is 5.97 Å². The van der Waals surface area contributed by atoms with E-state index >= 15 is 0 Å². The third kappa shape index (κ3) is 2.29. The number of fused-ring (bicyclic) bond motifs is 1. The van der Waals surface area contributed by atoms with Gasteiger partial charge in [0.1, 0.15) is 5.75 Å². The standard InChI is InChI=1S/C16H21NO3/c1-11-13-7-6-12(19-2)10-14(13)15(11)16(18)20-17-8-4-3-5-9-17/h6-7,10-11,15H,3-5,8-9H2,1-2H3. The number of piperidine rings is 1. The van der Waals surface area contributed by atoms with E-state index in [1.165, 1.54) is 12.0 Å². The lowest BCUT2D eigenvalue weighted by Gasteiger charge is -2.37. The Morgan fingerprint density at radius 2 is 1.95 bits per heavy atom. The van der Waals surface area contributed by atoms with Crippen LogP contribution in [-0.4, -0.2) is 31.2 Å². The molecule has 1 heterocycles. The van der Waals surface area contributed by atoms with Gasteiger partial charge in [0.05, 0.1) is 13.0 Å². The number of carbonyl (C=O) groups excluding carboxylic acids is 1. The summed E-state index contributed by atoms with van der Waals surface area (Å²) in [7, 11) is 1.64. The Hall–Kier alpha value is -1.55. The maximum absolute atomic E-state index is 12.4. The van der Waals surface area contributed by atoms with Gasteiger partial charge < -0.3 is 9.57 Å². The number of rotatable bonds is 3. The molecule has 20 heavy (non-hydrogen) atoms. The largest absolute Gasteiger partial charge is 0.497 e. The van der Waals surface area contributed by atoms with Gasteiger partial charge in [0, 0.05) is 13.1 Å². The molecule has 1 fully saturated rings. The van der Waals surface area contributed by atoms with Gasteiger partial charge >= 0.3 is 5.97 Å². The molecule has 0 spiro atoms. The van der Waals surface area contributed by atoms with Gasteiger partial charge in [-0.25, -0.2) is 4.79 Å². The number of hydroxylamine groups is 2. The van der Waals surface area contributed by atoms with E-state index in [9.17, 15) is 4.79 Å². The Labute approximate surface area is 119 Å². The average molecular weight is 275 g/mol. The first-order valence-electron chi connectivity index (χ1n) is 7.35. The van der Waals surface area contributed by atoms with Crippen molar-refractivity contribution in [1.82, 2.24) is 5.06 Å². The van der Waals surface area contributed by atoms with Crippen LogP contribution < -0.4 is 4.74 Å². The van der Waals surface area contributed by atoms with Crippen molar-refractivity contribution in [1.29, 1.82) is 0 Å². The number of nitrogens with zero attached hydrogens (tertiary/aromatic N) is 1. The predicted molar refractivity (Wildman–Crippen MR) is 75.7 cm³/mol. The van der Waals surface area contributed by atoms with E-state index in [0.29, 0.717) is 0 Å². The summed E-state index contributed by atoms with van der Waals surface area (Å²) >= 11 is 0. The molecule has 0 bridgehead atoms. The lowest BCUT2D eigenvalue weighted by atomic mass is 9.69. The molecule has 0 N–H and O–H groups in total. The number of ether oxygens (including phenoxy) is 1. The van der Waals surface area contributed by atoms with Gasteiger partial charge in [-0.1, -0.05) is 19.4 Å². The molecule has 3 rings (SSSR count). The summed E-state index contributed by atoms with van der Waals surface area (Å²) in [5.74, 6) is 0.752. The fourth-order valence-electron chi connectivity index (χ4n) is 3.19.